The molecule has 2 N–H and O–H groups in total. The average molecular weight is 252 g/mol. The normalized spacial score (nSPS) is 12.3. The van der Waals surface area contributed by atoms with Crippen LogP contribution in [0.1, 0.15) is 34.1 Å². The van der Waals surface area contributed by atoms with E-state index in [1.54, 1.807) is 13.4 Å². The van der Waals surface area contributed by atoms with Crippen molar-refractivity contribution in [1.29, 1.82) is 0 Å². The van der Waals surface area contributed by atoms with Gasteiger partial charge in [-0.05, 0) is 19.3 Å². The van der Waals surface area contributed by atoms with Gasteiger partial charge in [-0.1, -0.05) is 20.8 Å². The smallest absolute Gasteiger partial charge is 0.204 e. The maximum absolute atomic E-state index is 5.40. The largest absolute Gasteiger partial charge is 0.490 e. The fourth-order valence-corrected chi connectivity index (χ4v) is 1.42. The third-order valence-corrected chi connectivity index (χ3v) is 2.91. The third kappa shape index (κ3) is 3.75. The lowest BCUT2D eigenvalue weighted by Gasteiger charge is -2.20. The summed E-state index contributed by atoms with van der Waals surface area (Å²) in [6.45, 7) is 9.45. The minimum atomic E-state index is 0.327. The van der Waals surface area contributed by atoms with Gasteiger partial charge in [0.1, 0.15) is 6.33 Å². The minimum Gasteiger partial charge on any atom is -0.490 e. The van der Waals surface area contributed by atoms with Gasteiger partial charge >= 0.3 is 0 Å². The summed E-state index contributed by atoms with van der Waals surface area (Å²) >= 11 is 0. The van der Waals surface area contributed by atoms with Crippen LogP contribution in [0, 0.1) is 5.92 Å². The summed E-state index contributed by atoms with van der Waals surface area (Å²) in [5, 5.41) is 6.60. The summed E-state index contributed by atoms with van der Waals surface area (Å²) in [6, 6.07) is 0.327. The standard InChI is InChI=1S/C13H24N4O/c1-6-7-14-12-11(18-5)13(16-8-15-12)17-10(4)9(2)3/h8-10H,6-7H2,1-5H3,(H2,14,15,16,17). The zero-order chi connectivity index (χ0) is 13.5. The van der Waals surface area contributed by atoms with Crippen molar-refractivity contribution in [3.8, 4) is 5.75 Å². The zero-order valence-electron chi connectivity index (χ0n) is 11.9. The summed E-state index contributed by atoms with van der Waals surface area (Å²) < 4.78 is 5.40. The van der Waals surface area contributed by atoms with E-state index >= 15 is 0 Å². The van der Waals surface area contributed by atoms with Gasteiger partial charge in [-0.3, -0.25) is 0 Å². The molecule has 1 unspecified atom stereocenters. The Balaban J connectivity index is 2.90. The van der Waals surface area contributed by atoms with E-state index in [0.29, 0.717) is 17.7 Å². The molecule has 0 bridgehead atoms. The Morgan fingerprint density at radius 1 is 1.22 bits per heavy atom. The zero-order valence-corrected chi connectivity index (χ0v) is 11.9. The molecule has 0 saturated heterocycles. The van der Waals surface area contributed by atoms with Crippen molar-refractivity contribution in [3.05, 3.63) is 6.33 Å². The molecule has 0 aliphatic heterocycles. The second kappa shape index (κ2) is 7.03. The highest BCUT2D eigenvalue weighted by Crippen LogP contribution is 2.29. The lowest BCUT2D eigenvalue weighted by molar-refractivity contribution is 0.413. The molecule has 5 heteroatoms. The van der Waals surface area contributed by atoms with Crippen molar-refractivity contribution in [1.82, 2.24) is 9.97 Å². The van der Waals surface area contributed by atoms with E-state index < -0.39 is 0 Å². The summed E-state index contributed by atoms with van der Waals surface area (Å²) in [7, 11) is 1.64. The molecule has 0 spiro atoms. The second-order valence-electron chi connectivity index (χ2n) is 4.71. The molecule has 1 atom stereocenters. The Labute approximate surface area is 109 Å². The van der Waals surface area contributed by atoms with Crippen LogP contribution in [-0.4, -0.2) is 29.7 Å². The van der Waals surface area contributed by atoms with Crippen LogP contribution < -0.4 is 15.4 Å². The van der Waals surface area contributed by atoms with Crippen LogP contribution in [0.15, 0.2) is 6.33 Å². The molecule has 5 nitrogen and oxygen atoms in total. The molecular weight excluding hydrogens is 228 g/mol. The van der Waals surface area contributed by atoms with Gasteiger partial charge in [-0.2, -0.15) is 0 Å². The predicted octanol–water partition coefficient (Wildman–Crippen LogP) is 2.76. The van der Waals surface area contributed by atoms with E-state index in [1.165, 1.54) is 0 Å². The molecule has 0 aliphatic carbocycles. The summed E-state index contributed by atoms with van der Waals surface area (Å²) in [6.07, 6.45) is 2.59. The second-order valence-corrected chi connectivity index (χ2v) is 4.71. The molecular formula is C13H24N4O. The highest BCUT2D eigenvalue weighted by Gasteiger charge is 2.15. The van der Waals surface area contributed by atoms with Crippen LogP contribution in [0.4, 0.5) is 11.6 Å². The highest BCUT2D eigenvalue weighted by molar-refractivity contribution is 5.63. The highest BCUT2D eigenvalue weighted by atomic mass is 16.5. The number of methoxy groups -OCH3 is 1. The van der Waals surface area contributed by atoms with Crippen molar-refractivity contribution < 1.29 is 4.74 Å². The first-order valence-electron chi connectivity index (χ1n) is 6.49. The molecule has 1 aromatic heterocycles. The molecule has 0 fully saturated rings. The summed E-state index contributed by atoms with van der Waals surface area (Å²) in [5.41, 5.74) is 0. The van der Waals surface area contributed by atoms with Crippen molar-refractivity contribution >= 4 is 11.6 Å². The van der Waals surface area contributed by atoms with Crippen molar-refractivity contribution in [2.75, 3.05) is 24.3 Å². The van der Waals surface area contributed by atoms with Gasteiger partial charge in [0.05, 0.1) is 7.11 Å². The van der Waals surface area contributed by atoms with Gasteiger partial charge in [0.2, 0.25) is 5.75 Å². The third-order valence-electron chi connectivity index (χ3n) is 2.91. The number of nitrogens with one attached hydrogen (secondary N) is 2. The number of ether oxygens (including phenoxy) is 1. The van der Waals surface area contributed by atoms with Gasteiger partial charge in [-0.15, -0.1) is 0 Å². The molecule has 18 heavy (non-hydrogen) atoms. The molecule has 0 radical (unpaired) electrons. The van der Waals surface area contributed by atoms with E-state index in [0.717, 1.165) is 24.6 Å². The Hall–Kier alpha value is -1.52. The van der Waals surface area contributed by atoms with Crippen LogP contribution >= 0.6 is 0 Å². The number of nitrogens with zero attached hydrogens (tertiary/aromatic N) is 2. The molecule has 1 heterocycles. The van der Waals surface area contributed by atoms with E-state index in [1.807, 2.05) is 0 Å². The molecule has 102 valence electrons. The van der Waals surface area contributed by atoms with Crippen LogP contribution in [0.25, 0.3) is 0 Å². The number of hydrogen-bond acceptors (Lipinski definition) is 5. The SMILES string of the molecule is CCCNc1ncnc(NC(C)C(C)C)c1OC. The summed E-state index contributed by atoms with van der Waals surface area (Å²) in [4.78, 5) is 8.47. The Morgan fingerprint density at radius 3 is 2.44 bits per heavy atom. The number of rotatable bonds is 7. The molecule has 0 aromatic carbocycles. The minimum absolute atomic E-state index is 0.327. The van der Waals surface area contributed by atoms with E-state index in [2.05, 4.69) is 48.3 Å². The lowest BCUT2D eigenvalue weighted by Crippen LogP contribution is -2.23. The van der Waals surface area contributed by atoms with Crippen molar-refractivity contribution in [3.63, 3.8) is 0 Å². The summed E-state index contributed by atoms with van der Waals surface area (Å²) in [5.74, 6) is 2.69. The van der Waals surface area contributed by atoms with Gasteiger partial charge in [0, 0.05) is 12.6 Å². The Bertz CT molecular complexity index is 368. The molecule has 1 aromatic rings. The average Bonchev–Trinajstić information content (AvgIpc) is 2.36. The number of aromatic nitrogens is 2. The molecule has 0 amide bonds. The first-order valence-corrected chi connectivity index (χ1v) is 6.49. The monoisotopic (exact) mass is 252 g/mol. The van der Waals surface area contributed by atoms with Crippen molar-refractivity contribution in [2.45, 2.75) is 40.2 Å². The first-order chi connectivity index (χ1) is 8.60. The quantitative estimate of drug-likeness (QED) is 0.781. The van der Waals surface area contributed by atoms with Crippen LogP contribution in [0.3, 0.4) is 0 Å². The predicted molar refractivity (Wildman–Crippen MR) is 75.3 cm³/mol. The molecule has 0 aliphatic rings. The van der Waals surface area contributed by atoms with E-state index in [-0.39, 0.29) is 0 Å². The van der Waals surface area contributed by atoms with E-state index in [4.69, 9.17) is 4.74 Å². The fraction of sp³-hybridized carbons (Fsp3) is 0.692. The lowest BCUT2D eigenvalue weighted by atomic mass is 10.1. The van der Waals surface area contributed by atoms with Crippen LogP contribution in [0.5, 0.6) is 5.75 Å². The van der Waals surface area contributed by atoms with Crippen LogP contribution in [-0.2, 0) is 0 Å². The molecule has 1 rings (SSSR count). The maximum atomic E-state index is 5.40. The topological polar surface area (TPSA) is 59.1 Å². The number of anilines is 2. The van der Waals surface area contributed by atoms with Crippen molar-refractivity contribution in [2.24, 2.45) is 5.92 Å². The van der Waals surface area contributed by atoms with E-state index in [9.17, 15) is 0 Å². The van der Waals surface area contributed by atoms with Gasteiger partial charge in [0.25, 0.3) is 0 Å². The first kappa shape index (κ1) is 14.5. The van der Waals surface area contributed by atoms with Gasteiger partial charge < -0.3 is 15.4 Å². The van der Waals surface area contributed by atoms with Crippen LogP contribution in [0.2, 0.25) is 0 Å². The molecule has 0 saturated carbocycles. The Kier molecular flexibility index (Phi) is 5.68. The van der Waals surface area contributed by atoms with Gasteiger partial charge in [-0.25, -0.2) is 9.97 Å². The number of hydrogen-bond donors (Lipinski definition) is 2. The van der Waals surface area contributed by atoms with Gasteiger partial charge in [0.15, 0.2) is 11.6 Å². The maximum Gasteiger partial charge on any atom is 0.204 e. The Morgan fingerprint density at radius 2 is 1.89 bits per heavy atom. The fourth-order valence-electron chi connectivity index (χ4n) is 1.42.